The van der Waals surface area contributed by atoms with Crippen molar-refractivity contribution in [3.63, 3.8) is 0 Å². The first-order chi connectivity index (χ1) is 12.0. The number of para-hydroxylation sites is 2. The Morgan fingerprint density at radius 3 is 2.44 bits per heavy atom. The monoisotopic (exact) mass is 337 g/mol. The van der Waals surface area contributed by atoms with Gasteiger partial charge < -0.3 is 10.4 Å². The van der Waals surface area contributed by atoms with Gasteiger partial charge in [-0.2, -0.15) is 5.10 Å². The normalized spacial score (nSPS) is 11.0. The summed E-state index contributed by atoms with van der Waals surface area (Å²) in [7, 11) is 0. The average Bonchev–Trinajstić information content (AvgIpc) is 2.59. The number of fused-ring (bicyclic) bond motifs is 1. The van der Waals surface area contributed by atoms with Crippen LogP contribution in [0.5, 0.6) is 5.75 Å². The number of carbonyl (C=O) groups excluding carboxylic acids is 1. The first-order valence-electron chi connectivity index (χ1n) is 8.06. The minimum atomic E-state index is -0.477. The summed E-state index contributed by atoms with van der Waals surface area (Å²) >= 11 is 0. The van der Waals surface area contributed by atoms with Crippen LogP contribution in [-0.2, 0) is 6.54 Å². The van der Waals surface area contributed by atoms with Crippen molar-refractivity contribution in [2.75, 3.05) is 5.32 Å². The minimum Gasteiger partial charge on any atom is -0.506 e. The Bertz CT molecular complexity index is 993. The number of aromatic nitrogens is 2. The summed E-state index contributed by atoms with van der Waals surface area (Å²) in [5.41, 5.74) is 0.225. The zero-order valence-corrected chi connectivity index (χ0v) is 14.1. The van der Waals surface area contributed by atoms with Crippen molar-refractivity contribution in [2.24, 2.45) is 5.92 Å². The van der Waals surface area contributed by atoms with Crippen molar-refractivity contribution < 1.29 is 9.90 Å². The molecule has 0 aliphatic rings. The zero-order chi connectivity index (χ0) is 18.0. The molecule has 0 saturated heterocycles. The molecule has 2 N–H and O–H groups in total. The van der Waals surface area contributed by atoms with Gasteiger partial charge in [0.25, 0.3) is 11.5 Å². The standard InChI is InChI=1S/C19H19N3O3/c1-12(2)11-22-19(25)14-8-4-3-7-13(14)17(21-22)18(24)20-15-9-5-6-10-16(15)23/h3-10,12,23H,11H2,1-2H3,(H,20,24). The lowest BCUT2D eigenvalue weighted by Gasteiger charge is -2.13. The molecule has 3 aromatic rings. The van der Waals surface area contributed by atoms with Crippen molar-refractivity contribution in [2.45, 2.75) is 20.4 Å². The van der Waals surface area contributed by atoms with Crippen LogP contribution in [-0.4, -0.2) is 20.8 Å². The van der Waals surface area contributed by atoms with Crippen molar-refractivity contribution in [3.05, 3.63) is 64.6 Å². The van der Waals surface area contributed by atoms with Crippen molar-refractivity contribution in [1.82, 2.24) is 9.78 Å². The predicted octanol–water partition coefficient (Wildman–Crippen LogP) is 3.01. The molecule has 128 valence electrons. The molecule has 0 unspecified atom stereocenters. The molecule has 2 aromatic carbocycles. The van der Waals surface area contributed by atoms with Gasteiger partial charge in [-0.05, 0) is 24.1 Å². The molecule has 25 heavy (non-hydrogen) atoms. The van der Waals surface area contributed by atoms with Crippen molar-refractivity contribution in [1.29, 1.82) is 0 Å². The SMILES string of the molecule is CC(C)Cn1nc(C(=O)Nc2ccccc2O)c2ccccc2c1=O. The summed E-state index contributed by atoms with van der Waals surface area (Å²) in [6, 6.07) is 13.4. The molecule has 6 nitrogen and oxygen atoms in total. The Labute approximate surface area is 144 Å². The molecular formula is C19H19N3O3. The zero-order valence-electron chi connectivity index (χ0n) is 14.1. The van der Waals surface area contributed by atoms with Crippen LogP contribution < -0.4 is 10.9 Å². The molecule has 6 heteroatoms. The summed E-state index contributed by atoms with van der Waals surface area (Å²) in [5, 5.41) is 17.7. The Morgan fingerprint density at radius 2 is 1.76 bits per heavy atom. The number of hydrogen-bond donors (Lipinski definition) is 2. The molecule has 3 rings (SSSR count). The van der Waals surface area contributed by atoms with Crippen LogP contribution in [0.3, 0.4) is 0 Å². The highest BCUT2D eigenvalue weighted by molar-refractivity contribution is 6.11. The smallest absolute Gasteiger partial charge is 0.276 e. The van der Waals surface area contributed by atoms with Crippen molar-refractivity contribution >= 4 is 22.4 Å². The van der Waals surface area contributed by atoms with E-state index >= 15 is 0 Å². The fourth-order valence-electron chi connectivity index (χ4n) is 2.63. The topological polar surface area (TPSA) is 84.2 Å². The van der Waals surface area contributed by atoms with E-state index in [2.05, 4.69) is 10.4 Å². The van der Waals surface area contributed by atoms with Gasteiger partial charge in [0.15, 0.2) is 5.69 Å². The number of rotatable bonds is 4. The fraction of sp³-hybridized carbons (Fsp3) is 0.211. The molecule has 0 aliphatic carbocycles. The molecule has 0 spiro atoms. The number of nitrogens with one attached hydrogen (secondary N) is 1. The lowest BCUT2D eigenvalue weighted by molar-refractivity contribution is 0.102. The van der Waals surface area contributed by atoms with E-state index in [9.17, 15) is 14.7 Å². The number of hydrogen-bond acceptors (Lipinski definition) is 4. The van der Waals surface area contributed by atoms with Gasteiger partial charge >= 0.3 is 0 Å². The largest absolute Gasteiger partial charge is 0.506 e. The lowest BCUT2D eigenvalue weighted by atomic mass is 10.1. The van der Waals surface area contributed by atoms with E-state index in [1.165, 1.54) is 10.7 Å². The van der Waals surface area contributed by atoms with E-state index in [1.54, 1.807) is 42.5 Å². The maximum atomic E-state index is 12.7. The third-order valence-electron chi connectivity index (χ3n) is 3.77. The number of aromatic hydroxyl groups is 1. The van der Waals surface area contributed by atoms with E-state index in [0.29, 0.717) is 23.0 Å². The Hall–Kier alpha value is -3.15. The van der Waals surface area contributed by atoms with E-state index in [4.69, 9.17) is 0 Å². The first kappa shape index (κ1) is 16.7. The van der Waals surface area contributed by atoms with Crippen molar-refractivity contribution in [3.8, 4) is 5.75 Å². The second kappa shape index (κ2) is 6.76. The Kier molecular flexibility index (Phi) is 4.52. The summed E-state index contributed by atoms with van der Waals surface area (Å²) < 4.78 is 1.33. The number of phenols is 1. The van der Waals surface area contributed by atoms with Gasteiger partial charge in [0.2, 0.25) is 0 Å². The molecule has 0 bridgehead atoms. The number of carbonyl (C=O) groups is 1. The highest BCUT2D eigenvalue weighted by Crippen LogP contribution is 2.23. The molecule has 0 atom stereocenters. The van der Waals surface area contributed by atoms with Crippen LogP contribution in [0.2, 0.25) is 0 Å². The maximum absolute atomic E-state index is 12.7. The Balaban J connectivity index is 2.11. The molecule has 0 saturated carbocycles. The summed E-state index contributed by atoms with van der Waals surface area (Å²) in [6.45, 7) is 4.37. The summed E-state index contributed by atoms with van der Waals surface area (Å²) in [4.78, 5) is 25.3. The van der Waals surface area contributed by atoms with Gasteiger partial charge in [0.05, 0.1) is 11.1 Å². The van der Waals surface area contributed by atoms with Crippen LogP contribution in [0.4, 0.5) is 5.69 Å². The molecule has 1 heterocycles. The maximum Gasteiger partial charge on any atom is 0.276 e. The van der Waals surface area contributed by atoms with Gasteiger partial charge in [0.1, 0.15) is 5.75 Å². The number of benzene rings is 2. The van der Waals surface area contributed by atoms with E-state index in [1.807, 2.05) is 13.8 Å². The highest BCUT2D eigenvalue weighted by Gasteiger charge is 2.18. The third-order valence-corrected chi connectivity index (χ3v) is 3.77. The van der Waals surface area contributed by atoms with Crippen LogP contribution in [0.25, 0.3) is 10.8 Å². The average molecular weight is 337 g/mol. The van der Waals surface area contributed by atoms with E-state index < -0.39 is 5.91 Å². The number of anilines is 1. The number of amides is 1. The van der Waals surface area contributed by atoms with Crippen LogP contribution in [0, 0.1) is 5.92 Å². The molecule has 1 aromatic heterocycles. The Morgan fingerprint density at radius 1 is 1.12 bits per heavy atom. The molecule has 0 fully saturated rings. The van der Waals surface area contributed by atoms with Gasteiger partial charge in [-0.3, -0.25) is 9.59 Å². The molecule has 0 radical (unpaired) electrons. The fourth-order valence-corrected chi connectivity index (χ4v) is 2.63. The summed E-state index contributed by atoms with van der Waals surface area (Å²) in [5.74, 6) is -0.300. The number of nitrogens with zero attached hydrogens (tertiary/aromatic N) is 2. The first-order valence-corrected chi connectivity index (χ1v) is 8.06. The summed E-state index contributed by atoms with van der Waals surface area (Å²) in [6.07, 6.45) is 0. The van der Waals surface area contributed by atoms with E-state index in [0.717, 1.165) is 0 Å². The molecule has 1 amide bonds. The van der Waals surface area contributed by atoms with Crippen LogP contribution in [0.1, 0.15) is 24.3 Å². The van der Waals surface area contributed by atoms with Gasteiger partial charge in [-0.15, -0.1) is 0 Å². The number of phenolic OH excluding ortho intramolecular Hbond substituents is 1. The highest BCUT2D eigenvalue weighted by atomic mass is 16.3. The van der Waals surface area contributed by atoms with Crippen LogP contribution >= 0.6 is 0 Å². The van der Waals surface area contributed by atoms with E-state index in [-0.39, 0.29) is 22.9 Å². The second-order valence-electron chi connectivity index (χ2n) is 6.25. The second-order valence-corrected chi connectivity index (χ2v) is 6.25. The third kappa shape index (κ3) is 3.38. The van der Waals surface area contributed by atoms with Gasteiger partial charge in [-0.1, -0.05) is 44.2 Å². The quantitative estimate of drug-likeness (QED) is 0.717. The minimum absolute atomic E-state index is 0.0318. The molecule has 0 aliphatic heterocycles. The molecular weight excluding hydrogens is 318 g/mol. The van der Waals surface area contributed by atoms with Crippen LogP contribution in [0.15, 0.2) is 53.3 Å². The van der Waals surface area contributed by atoms with Gasteiger partial charge in [-0.25, -0.2) is 4.68 Å². The van der Waals surface area contributed by atoms with Gasteiger partial charge in [0, 0.05) is 11.9 Å². The lowest BCUT2D eigenvalue weighted by Crippen LogP contribution is -2.29. The predicted molar refractivity (Wildman–Crippen MR) is 96.9 cm³/mol.